The van der Waals surface area contributed by atoms with Crippen molar-refractivity contribution >= 4 is 23.4 Å². The van der Waals surface area contributed by atoms with Crippen LogP contribution in [0.1, 0.15) is 24.0 Å². The SMILES string of the molecule is O=C(Cc1ccc(N2C(=O)C3C4C=CC(CC4)C3C2=O)cc1)NCc1ccccc1. The van der Waals surface area contributed by atoms with Crippen molar-refractivity contribution in [2.24, 2.45) is 23.7 Å². The molecule has 0 spiro atoms. The number of fused-ring (bicyclic) bond motifs is 1. The topological polar surface area (TPSA) is 66.5 Å². The number of nitrogens with one attached hydrogen (secondary N) is 1. The first kappa shape index (κ1) is 18.8. The molecule has 0 radical (unpaired) electrons. The zero-order valence-corrected chi connectivity index (χ0v) is 16.7. The van der Waals surface area contributed by atoms with Crippen LogP contribution in [0, 0.1) is 23.7 Å². The highest BCUT2D eigenvalue weighted by molar-refractivity contribution is 6.22. The van der Waals surface area contributed by atoms with Crippen molar-refractivity contribution in [3.63, 3.8) is 0 Å². The number of anilines is 1. The molecule has 3 aliphatic carbocycles. The third-order valence-electron chi connectivity index (χ3n) is 6.65. The third kappa shape index (κ3) is 3.24. The molecule has 5 nitrogen and oxygen atoms in total. The van der Waals surface area contributed by atoms with Crippen LogP contribution < -0.4 is 10.2 Å². The molecule has 4 aliphatic rings. The van der Waals surface area contributed by atoms with Gasteiger partial charge in [-0.1, -0.05) is 54.6 Å². The minimum absolute atomic E-state index is 0.0615. The molecule has 2 aromatic carbocycles. The second kappa shape index (κ2) is 7.56. The van der Waals surface area contributed by atoms with Crippen molar-refractivity contribution in [2.45, 2.75) is 25.8 Å². The molecule has 5 heteroatoms. The molecule has 1 N–H and O–H groups in total. The summed E-state index contributed by atoms with van der Waals surface area (Å²) in [4.78, 5) is 39.7. The van der Waals surface area contributed by atoms with Gasteiger partial charge in [-0.2, -0.15) is 0 Å². The fourth-order valence-electron chi connectivity index (χ4n) is 5.14. The van der Waals surface area contributed by atoms with Gasteiger partial charge >= 0.3 is 0 Å². The van der Waals surface area contributed by atoms with Crippen LogP contribution in [0.15, 0.2) is 66.7 Å². The van der Waals surface area contributed by atoms with E-state index in [1.165, 1.54) is 4.90 Å². The molecule has 1 heterocycles. The van der Waals surface area contributed by atoms with E-state index in [1.54, 1.807) is 12.1 Å². The smallest absolute Gasteiger partial charge is 0.238 e. The van der Waals surface area contributed by atoms with Gasteiger partial charge in [0.15, 0.2) is 0 Å². The molecule has 2 aromatic rings. The number of nitrogens with zero attached hydrogens (tertiary/aromatic N) is 1. The monoisotopic (exact) mass is 400 g/mol. The lowest BCUT2D eigenvalue weighted by Crippen LogP contribution is -2.38. The Bertz CT molecular complexity index is 980. The minimum Gasteiger partial charge on any atom is -0.352 e. The fraction of sp³-hybridized carbons (Fsp3) is 0.320. The van der Waals surface area contributed by atoms with Gasteiger partial charge in [0.2, 0.25) is 17.7 Å². The van der Waals surface area contributed by atoms with Crippen molar-refractivity contribution in [2.75, 3.05) is 4.90 Å². The Kier molecular flexibility index (Phi) is 4.74. The Morgan fingerprint density at radius 2 is 1.43 bits per heavy atom. The van der Waals surface area contributed by atoms with Crippen LogP contribution in [0.3, 0.4) is 0 Å². The summed E-state index contributed by atoms with van der Waals surface area (Å²) in [5.74, 6) is -0.235. The van der Waals surface area contributed by atoms with E-state index in [2.05, 4.69) is 17.5 Å². The van der Waals surface area contributed by atoms with Gasteiger partial charge in [-0.25, -0.2) is 0 Å². The van der Waals surface area contributed by atoms with Gasteiger partial charge < -0.3 is 5.32 Å². The predicted octanol–water partition coefficient (Wildman–Crippen LogP) is 3.25. The summed E-state index contributed by atoms with van der Waals surface area (Å²) < 4.78 is 0. The minimum atomic E-state index is -0.204. The molecule has 4 unspecified atom stereocenters. The van der Waals surface area contributed by atoms with Gasteiger partial charge in [0.1, 0.15) is 0 Å². The van der Waals surface area contributed by atoms with Crippen LogP contribution in [0.5, 0.6) is 0 Å². The maximum Gasteiger partial charge on any atom is 0.238 e. The number of imide groups is 1. The van der Waals surface area contributed by atoms with Gasteiger partial charge in [-0.05, 0) is 47.9 Å². The molecule has 152 valence electrons. The highest BCUT2D eigenvalue weighted by Gasteiger charge is 2.56. The number of carbonyl (C=O) groups excluding carboxylic acids is 3. The summed E-state index contributed by atoms with van der Waals surface area (Å²) in [6, 6.07) is 17.0. The van der Waals surface area contributed by atoms with E-state index in [4.69, 9.17) is 0 Å². The number of carbonyl (C=O) groups is 3. The van der Waals surface area contributed by atoms with E-state index in [0.717, 1.165) is 24.0 Å². The molecule has 2 bridgehead atoms. The van der Waals surface area contributed by atoms with Crippen LogP contribution in [-0.2, 0) is 27.3 Å². The molecule has 2 fully saturated rings. The highest BCUT2D eigenvalue weighted by Crippen LogP contribution is 2.50. The van der Waals surface area contributed by atoms with Gasteiger partial charge in [0.05, 0.1) is 23.9 Å². The van der Waals surface area contributed by atoms with Crippen molar-refractivity contribution in [3.05, 3.63) is 77.9 Å². The Morgan fingerprint density at radius 1 is 0.833 bits per heavy atom. The first-order valence-electron chi connectivity index (χ1n) is 10.6. The number of hydrogen-bond donors (Lipinski definition) is 1. The predicted molar refractivity (Wildman–Crippen MR) is 113 cm³/mol. The zero-order chi connectivity index (χ0) is 20.7. The molecular weight excluding hydrogens is 376 g/mol. The molecule has 1 aliphatic heterocycles. The molecule has 0 aromatic heterocycles. The molecule has 3 amide bonds. The summed E-state index contributed by atoms with van der Waals surface area (Å²) in [6.07, 6.45) is 6.50. The first-order chi connectivity index (χ1) is 14.6. The first-order valence-corrected chi connectivity index (χ1v) is 10.6. The van der Waals surface area contributed by atoms with Gasteiger partial charge in [-0.3, -0.25) is 19.3 Å². The molecule has 6 rings (SSSR count). The highest BCUT2D eigenvalue weighted by atomic mass is 16.2. The van der Waals surface area contributed by atoms with Crippen LogP contribution in [-0.4, -0.2) is 17.7 Å². The summed E-state index contributed by atoms with van der Waals surface area (Å²) >= 11 is 0. The van der Waals surface area contributed by atoms with Crippen LogP contribution in [0.4, 0.5) is 5.69 Å². The van der Waals surface area contributed by atoms with Crippen LogP contribution >= 0.6 is 0 Å². The van der Waals surface area contributed by atoms with Crippen molar-refractivity contribution < 1.29 is 14.4 Å². The Labute approximate surface area is 175 Å². The second-order valence-electron chi connectivity index (χ2n) is 8.46. The maximum absolute atomic E-state index is 13.0. The lowest BCUT2D eigenvalue weighted by molar-refractivity contribution is -0.124. The summed E-state index contributed by atoms with van der Waals surface area (Å²) in [6.45, 7) is 0.494. The molecular formula is C25H24N2O3. The number of rotatable bonds is 5. The van der Waals surface area contributed by atoms with E-state index < -0.39 is 0 Å². The van der Waals surface area contributed by atoms with Crippen molar-refractivity contribution in [1.29, 1.82) is 0 Å². The number of hydrogen-bond acceptors (Lipinski definition) is 3. The molecule has 1 saturated heterocycles. The molecule has 30 heavy (non-hydrogen) atoms. The quantitative estimate of drug-likeness (QED) is 0.619. The van der Waals surface area contributed by atoms with E-state index in [-0.39, 0.29) is 47.8 Å². The Balaban J connectivity index is 1.25. The number of benzene rings is 2. The maximum atomic E-state index is 13.0. The van der Waals surface area contributed by atoms with Crippen molar-refractivity contribution in [3.8, 4) is 0 Å². The standard InChI is InChI=1S/C25H24N2O3/c28-21(26-15-17-4-2-1-3-5-17)14-16-6-12-20(13-7-16)27-24(29)22-18-8-9-19(11-10-18)23(22)25(27)30/h1-9,12-13,18-19,22-23H,10-11,14-15H2,(H,26,28). The molecule has 1 saturated carbocycles. The Hall–Kier alpha value is -3.21. The van der Waals surface area contributed by atoms with Gasteiger partial charge in [-0.15, -0.1) is 0 Å². The number of allylic oxidation sites excluding steroid dienone is 2. The summed E-state index contributed by atoms with van der Waals surface area (Å²) in [5, 5.41) is 2.92. The van der Waals surface area contributed by atoms with E-state index in [9.17, 15) is 14.4 Å². The average molecular weight is 400 g/mol. The Morgan fingerprint density at radius 3 is 2.00 bits per heavy atom. The normalized spacial score (nSPS) is 26.7. The van der Waals surface area contributed by atoms with Crippen molar-refractivity contribution in [1.82, 2.24) is 5.32 Å². The van der Waals surface area contributed by atoms with E-state index in [0.29, 0.717) is 12.2 Å². The number of amides is 3. The largest absolute Gasteiger partial charge is 0.352 e. The van der Waals surface area contributed by atoms with Crippen LogP contribution in [0.25, 0.3) is 0 Å². The molecule has 4 atom stereocenters. The lowest BCUT2D eigenvalue weighted by atomic mass is 9.63. The average Bonchev–Trinajstić information content (AvgIpc) is 3.07. The lowest BCUT2D eigenvalue weighted by Gasteiger charge is -2.38. The third-order valence-corrected chi connectivity index (χ3v) is 6.65. The van der Waals surface area contributed by atoms with Gasteiger partial charge in [0.25, 0.3) is 0 Å². The zero-order valence-electron chi connectivity index (χ0n) is 16.7. The van der Waals surface area contributed by atoms with E-state index in [1.807, 2.05) is 42.5 Å². The fourth-order valence-corrected chi connectivity index (χ4v) is 5.14. The van der Waals surface area contributed by atoms with Gasteiger partial charge in [0, 0.05) is 6.54 Å². The van der Waals surface area contributed by atoms with Crippen LogP contribution in [0.2, 0.25) is 0 Å². The summed E-state index contributed by atoms with van der Waals surface area (Å²) in [7, 11) is 0. The summed E-state index contributed by atoms with van der Waals surface area (Å²) in [5.41, 5.74) is 2.51. The van der Waals surface area contributed by atoms with E-state index >= 15 is 0 Å². The second-order valence-corrected chi connectivity index (χ2v) is 8.46.